The maximum absolute atomic E-state index is 2.41. The Morgan fingerprint density at radius 3 is 1.80 bits per heavy atom. The second-order valence-corrected chi connectivity index (χ2v) is 14.2. The number of para-hydroxylation sites is 1. The van der Waals surface area contributed by atoms with Crippen LogP contribution in [0.3, 0.4) is 0 Å². The zero-order valence-electron chi connectivity index (χ0n) is 29.9. The second-order valence-electron chi connectivity index (χ2n) is 14.2. The Labute approximate surface area is 316 Å². The van der Waals surface area contributed by atoms with E-state index in [1.807, 2.05) is 0 Å². The largest absolute Gasteiger partial charge is 0.310 e. The lowest BCUT2D eigenvalue weighted by Crippen LogP contribution is -2.10. The van der Waals surface area contributed by atoms with Crippen molar-refractivity contribution in [3.63, 3.8) is 0 Å². The minimum atomic E-state index is 0.369. The van der Waals surface area contributed by atoms with Crippen molar-refractivity contribution in [2.75, 3.05) is 4.90 Å². The van der Waals surface area contributed by atoms with Gasteiger partial charge in [0.2, 0.25) is 0 Å². The summed E-state index contributed by atoms with van der Waals surface area (Å²) in [7, 11) is 0. The molecule has 0 saturated heterocycles. The molecule has 1 aliphatic rings. The average Bonchev–Trinajstić information content (AvgIpc) is 3.57. The summed E-state index contributed by atoms with van der Waals surface area (Å²) in [4.78, 5) is 2.40. The molecule has 0 spiro atoms. The van der Waals surface area contributed by atoms with Crippen LogP contribution in [0.15, 0.2) is 212 Å². The third-order valence-corrected chi connectivity index (χ3v) is 10.9. The first kappa shape index (κ1) is 31.8. The number of nitrogens with zero attached hydrogens (tertiary/aromatic N) is 2. The molecule has 2 nitrogen and oxygen atoms in total. The van der Waals surface area contributed by atoms with Gasteiger partial charge in [0.05, 0.1) is 11.0 Å². The summed E-state index contributed by atoms with van der Waals surface area (Å²) in [5.74, 6) is 0.369. The molecule has 0 amide bonds. The summed E-state index contributed by atoms with van der Waals surface area (Å²) in [5.41, 5.74) is 13.2. The van der Waals surface area contributed by atoms with E-state index in [2.05, 4.69) is 222 Å². The van der Waals surface area contributed by atoms with Crippen molar-refractivity contribution in [1.82, 2.24) is 4.57 Å². The van der Waals surface area contributed by atoms with Crippen LogP contribution in [0.2, 0.25) is 0 Å². The van der Waals surface area contributed by atoms with Crippen LogP contribution in [0.4, 0.5) is 17.1 Å². The van der Waals surface area contributed by atoms with Gasteiger partial charge in [-0.1, -0.05) is 146 Å². The summed E-state index contributed by atoms with van der Waals surface area (Å²) in [6.07, 6.45) is 9.90. The average molecular weight is 691 g/mol. The second kappa shape index (κ2) is 13.6. The fourth-order valence-electron chi connectivity index (χ4n) is 8.15. The SMILES string of the molecule is C1=CCC(c2cccc(N(c3ccc(-c4ccccc4)cc3)c3ccc4cc5c(cc4c3)c3ccccc3n5-c3ccc(-c4ccccc4)cc3)c2)C=C1. The topological polar surface area (TPSA) is 8.17 Å². The number of allylic oxidation sites excluding steroid dienone is 4. The molecule has 8 aromatic carbocycles. The van der Waals surface area contributed by atoms with Crippen LogP contribution >= 0.6 is 0 Å². The van der Waals surface area contributed by atoms with Crippen molar-refractivity contribution in [2.45, 2.75) is 12.3 Å². The number of rotatable bonds is 7. The molecule has 1 atom stereocenters. The third-order valence-electron chi connectivity index (χ3n) is 10.9. The molecule has 0 bridgehead atoms. The molecule has 10 rings (SSSR count). The van der Waals surface area contributed by atoms with E-state index >= 15 is 0 Å². The number of aromatic nitrogens is 1. The standard InChI is InChI=1S/C52H38N2/c1-4-13-37(14-5-1)40-23-28-45(29-24-40)53(47-20-12-19-42(33-47)39-17-8-3-9-18-39)48-32-27-43-36-52-50(35-44(43)34-48)49-21-10-11-22-51(49)54(52)46-30-25-41(26-31-46)38-15-6-2-7-16-38/h1-17,19-36,39H,18H2. The van der Waals surface area contributed by atoms with Gasteiger partial charge in [0.25, 0.3) is 0 Å². The Kier molecular flexibility index (Phi) is 8.00. The van der Waals surface area contributed by atoms with Crippen molar-refractivity contribution in [3.05, 3.63) is 218 Å². The highest BCUT2D eigenvalue weighted by molar-refractivity contribution is 6.14. The van der Waals surface area contributed by atoms with Crippen molar-refractivity contribution >= 4 is 49.6 Å². The minimum absolute atomic E-state index is 0.369. The number of anilines is 3. The highest BCUT2D eigenvalue weighted by atomic mass is 15.1. The molecule has 2 heteroatoms. The molecular weight excluding hydrogens is 653 g/mol. The number of hydrogen-bond donors (Lipinski definition) is 0. The molecule has 0 N–H and O–H groups in total. The molecule has 1 aliphatic carbocycles. The molecule has 9 aromatic rings. The predicted molar refractivity (Wildman–Crippen MR) is 229 cm³/mol. The first-order valence-electron chi connectivity index (χ1n) is 18.8. The summed E-state index contributed by atoms with van der Waals surface area (Å²) in [6, 6.07) is 68.6. The summed E-state index contributed by atoms with van der Waals surface area (Å²) in [6.45, 7) is 0. The molecule has 0 aliphatic heterocycles. The molecule has 54 heavy (non-hydrogen) atoms. The van der Waals surface area contributed by atoms with Gasteiger partial charge >= 0.3 is 0 Å². The van der Waals surface area contributed by atoms with Gasteiger partial charge in [-0.05, 0) is 112 Å². The molecule has 0 fully saturated rings. The summed E-state index contributed by atoms with van der Waals surface area (Å²) in [5, 5.41) is 4.93. The molecule has 0 saturated carbocycles. The fraction of sp³-hybridized carbons (Fsp3) is 0.0385. The van der Waals surface area contributed by atoms with Gasteiger partial charge in [0.1, 0.15) is 0 Å². The van der Waals surface area contributed by atoms with Gasteiger partial charge in [0, 0.05) is 39.4 Å². The lowest BCUT2D eigenvalue weighted by molar-refractivity contribution is 0.853. The quantitative estimate of drug-likeness (QED) is 0.162. The Bertz CT molecular complexity index is 2830. The maximum Gasteiger partial charge on any atom is 0.0547 e. The first-order valence-corrected chi connectivity index (χ1v) is 18.8. The zero-order valence-corrected chi connectivity index (χ0v) is 29.9. The molecular formula is C52H38N2. The van der Waals surface area contributed by atoms with E-state index < -0.39 is 0 Å². The lowest BCUT2D eigenvalue weighted by Gasteiger charge is -2.27. The van der Waals surface area contributed by atoms with Gasteiger partial charge in [0.15, 0.2) is 0 Å². The smallest absolute Gasteiger partial charge is 0.0547 e. The molecule has 256 valence electrons. The van der Waals surface area contributed by atoms with E-state index in [-0.39, 0.29) is 0 Å². The molecule has 0 radical (unpaired) electrons. The maximum atomic E-state index is 2.41. The number of benzene rings is 8. The van der Waals surface area contributed by atoms with E-state index in [9.17, 15) is 0 Å². The monoisotopic (exact) mass is 690 g/mol. The zero-order chi connectivity index (χ0) is 35.8. The normalized spacial score (nSPS) is 13.9. The highest BCUT2D eigenvalue weighted by Gasteiger charge is 2.18. The van der Waals surface area contributed by atoms with E-state index in [0.29, 0.717) is 5.92 Å². The van der Waals surface area contributed by atoms with Crippen LogP contribution in [0, 0.1) is 0 Å². The van der Waals surface area contributed by atoms with Crippen LogP contribution in [-0.2, 0) is 0 Å². The summed E-state index contributed by atoms with van der Waals surface area (Å²) >= 11 is 0. The molecule has 1 aromatic heterocycles. The van der Waals surface area contributed by atoms with Gasteiger partial charge in [-0.2, -0.15) is 0 Å². The Balaban J connectivity index is 1.10. The number of fused-ring (bicyclic) bond motifs is 4. The lowest BCUT2D eigenvalue weighted by atomic mass is 9.92. The van der Waals surface area contributed by atoms with Crippen LogP contribution < -0.4 is 4.90 Å². The van der Waals surface area contributed by atoms with Gasteiger partial charge in [-0.3, -0.25) is 0 Å². The van der Waals surface area contributed by atoms with Crippen LogP contribution in [0.1, 0.15) is 17.9 Å². The molecule has 1 unspecified atom stereocenters. The Morgan fingerprint density at radius 2 is 1.07 bits per heavy atom. The van der Waals surface area contributed by atoms with Crippen molar-refractivity contribution in [2.24, 2.45) is 0 Å². The van der Waals surface area contributed by atoms with E-state index in [1.54, 1.807) is 0 Å². The third kappa shape index (κ3) is 5.79. The van der Waals surface area contributed by atoms with Crippen LogP contribution in [-0.4, -0.2) is 4.57 Å². The minimum Gasteiger partial charge on any atom is -0.310 e. The Morgan fingerprint density at radius 1 is 0.426 bits per heavy atom. The van der Waals surface area contributed by atoms with E-state index in [4.69, 9.17) is 0 Å². The van der Waals surface area contributed by atoms with E-state index in [1.165, 1.54) is 60.4 Å². The van der Waals surface area contributed by atoms with Crippen LogP contribution in [0.5, 0.6) is 0 Å². The van der Waals surface area contributed by atoms with Crippen molar-refractivity contribution in [3.8, 4) is 27.9 Å². The van der Waals surface area contributed by atoms with Crippen LogP contribution in [0.25, 0.3) is 60.5 Å². The Hall–Kier alpha value is -6.90. The van der Waals surface area contributed by atoms with Gasteiger partial charge in [-0.15, -0.1) is 0 Å². The predicted octanol–water partition coefficient (Wildman–Crippen LogP) is 14.3. The van der Waals surface area contributed by atoms with Crippen molar-refractivity contribution in [1.29, 1.82) is 0 Å². The van der Waals surface area contributed by atoms with E-state index in [0.717, 1.165) is 29.2 Å². The highest BCUT2D eigenvalue weighted by Crippen LogP contribution is 2.41. The van der Waals surface area contributed by atoms with Gasteiger partial charge in [-0.25, -0.2) is 0 Å². The fourth-order valence-corrected chi connectivity index (χ4v) is 8.15. The molecule has 1 heterocycles. The summed E-state index contributed by atoms with van der Waals surface area (Å²) < 4.78 is 2.41. The first-order chi connectivity index (χ1) is 26.8. The van der Waals surface area contributed by atoms with Crippen molar-refractivity contribution < 1.29 is 0 Å². The number of hydrogen-bond acceptors (Lipinski definition) is 1. The van der Waals surface area contributed by atoms with Gasteiger partial charge < -0.3 is 9.47 Å².